The van der Waals surface area contributed by atoms with Crippen LogP contribution < -0.4 is 0 Å². The summed E-state index contributed by atoms with van der Waals surface area (Å²) >= 11 is 0. The average Bonchev–Trinajstić information content (AvgIpc) is 2.21. The van der Waals surface area contributed by atoms with Gasteiger partial charge in [0.15, 0.2) is 0 Å². The molecular weight excluding hydrogens is 176 g/mol. The highest BCUT2D eigenvalue weighted by atomic mass is 16.5. The van der Waals surface area contributed by atoms with Crippen LogP contribution in [0.2, 0.25) is 0 Å². The summed E-state index contributed by atoms with van der Waals surface area (Å²) in [6.07, 6.45) is 11.0. The zero-order valence-electron chi connectivity index (χ0n) is 9.00. The van der Waals surface area contributed by atoms with Crippen molar-refractivity contribution in [2.24, 2.45) is 0 Å². The quantitative estimate of drug-likeness (QED) is 0.258. The summed E-state index contributed by atoms with van der Waals surface area (Å²) in [5.41, 5.74) is 0. The van der Waals surface area contributed by atoms with Crippen LogP contribution in [-0.2, 0) is 9.53 Å². The Bertz CT molecular complexity index is 183. The van der Waals surface area contributed by atoms with Crippen molar-refractivity contribution in [3.63, 3.8) is 0 Å². The minimum absolute atomic E-state index is 0.323. The van der Waals surface area contributed by atoms with Gasteiger partial charge in [-0.3, -0.25) is 0 Å². The molecule has 0 heterocycles. The van der Waals surface area contributed by atoms with Crippen LogP contribution >= 0.6 is 0 Å². The molecule has 0 N–H and O–H groups in total. The van der Waals surface area contributed by atoms with Crippen LogP contribution in [0.4, 0.5) is 0 Å². The maximum atomic E-state index is 10.6. The molecule has 0 saturated carbocycles. The predicted molar refractivity (Wildman–Crippen MR) is 59.1 cm³/mol. The van der Waals surface area contributed by atoms with Gasteiger partial charge >= 0.3 is 5.97 Å². The number of ether oxygens (including phenoxy) is 1. The van der Waals surface area contributed by atoms with Crippen molar-refractivity contribution in [1.82, 2.24) is 0 Å². The van der Waals surface area contributed by atoms with E-state index in [0.29, 0.717) is 6.61 Å². The fourth-order valence-corrected chi connectivity index (χ4v) is 1.06. The van der Waals surface area contributed by atoms with Crippen LogP contribution in [0.1, 0.15) is 39.0 Å². The van der Waals surface area contributed by atoms with Gasteiger partial charge in [-0.05, 0) is 32.1 Å². The highest BCUT2D eigenvalue weighted by molar-refractivity contribution is 5.81. The molecule has 0 aliphatic rings. The lowest BCUT2D eigenvalue weighted by Gasteiger charge is -2.00. The molecule has 0 radical (unpaired) electrons. The zero-order chi connectivity index (χ0) is 10.6. The van der Waals surface area contributed by atoms with Crippen molar-refractivity contribution in [2.75, 3.05) is 6.61 Å². The van der Waals surface area contributed by atoms with Crippen molar-refractivity contribution >= 4 is 5.97 Å². The molecule has 2 nitrogen and oxygen atoms in total. The zero-order valence-corrected chi connectivity index (χ0v) is 9.00. The van der Waals surface area contributed by atoms with E-state index in [9.17, 15) is 4.79 Å². The fourth-order valence-electron chi connectivity index (χ4n) is 1.06. The smallest absolute Gasteiger partial charge is 0.330 e. The Kier molecular flexibility index (Phi) is 9.28. The molecule has 0 bridgehead atoms. The van der Waals surface area contributed by atoms with Crippen LogP contribution in [0, 0.1) is 0 Å². The van der Waals surface area contributed by atoms with Gasteiger partial charge in [-0.15, -0.1) is 0 Å². The first kappa shape index (κ1) is 12.9. The summed E-state index contributed by atoms with van der Waals surface area (Å²) in [5.74, 6) is -0.323. The number of esters is 1. The number of hydrogen-bond donors (Lipinski definition) is 0. The monoisotopic (exact) mass is 196 g/mol. The third-order valence-corrected chi connectivity index (χ3v) is 1.83. The minimum atomic E-state index is -0.323. The Morgan fingerprint density at radius 3 is 2.71 bits per heavy atom. The number of rotatable bonds is 8. The molecule has 0 rings (SSSR count). The molecule has 0 unspecified atom stereocenters. The summed E-state index contributed by atoms with van der Waals surface area (Å²) in [6.45, 7) is 5.97. The lowest BCUT2D eigenvalue weighted by atomic mass is 10.2. The first-order valence-corrected chi connectivity index (χ1v) is 5.25. The fraction of sp³-hybridized carbons (Fsp3) is 0.583. The Labute approximate surface area is 86.6 Å². The maximum Gasteiger partial charge on any atom is 0.330 e. The predicted octanol–water partition coefficient (Wildman–Crippen LogP) is 3.24. The van der Waals surface area contributed by atoms with Crippen molar-refractivity contribution < 1.29 is 9.53 Å². The number of carbonyl (C=O) groups is 1. The summed E-state index contributed by atoms with van der Waals surface area (Å²) < 4.78 is 4.84. The first-order valence-electron chi connectivity index (χ1n) is 5.25. The molecule has 0 amide bonds. The molecule has 0 aliphatic carbocycles. The number of allylic oxidation sites excluding steroid dienone is 2. The van der Waals surface area contributed by atoms with Gasteiger partial charge in [0.1, 0.15) is 0 Å². The highest BCUT2D eigenvalue weighted by Gasteiger charge is 1.93. The van der Waals surface area contributed by atoms with Crippen LogP contribution in [0.15, 0.2) is 24.8 Å². The summed E-state index contributed by atoms with van der Waals surface area (Å²) in [4.78, 5) is 10.6. The van der Waals surface area contributed by atoms with Crippen molar-refractivity contribution in [1.29, 1.82) is 0 Å². The molecule has 0 aromatic carbocycles. The van der Waals surface area contributed by atoms with E-state index >= 15 is 0 Å². The summed E-state index contributed by atoms with van der Waals surface area (Å²) in [6, 6.07) is 0. The van der Waals surface area contributed by atoms with E-state index in [2.05, 4.69) is 25.7 Å². The first-order chi connectivity index (χ1) is 6.81. The SMILES string of the molecule is C=CC(=O)OCCCCC/C=C/CC. The Hall–Kier alpha value is -1.05. The second kappa shape index (κ2) is 10.0. The number of hydrogen-bond acceptors (Lipinski definition) is 2. The van der Waals surface area contributed by atoms with Crippen LogP contribution in [0.5, 0.6) is 0 Å². The van der Waals surface area contributed by atoms with Gasteiger partial charge in [0.05, 0.1) is 6.61 Å². The molecule has 80 valence electrons. The van der Waals surface area contributed by atoms with Gasteiger partial charge in [-0.25, -0.2) is 4.79 Å². The average molecular weight is 196 g/mol. The summed E-state index contributed by atoms with van der Waals surface area (Å²) in [5, 5.41) is 0. The Morgan fingerprint density at radius 1 is 1.29 bits per heavy atom. The third-order valence-electron chi connectivity index (χ3n) is 1.83. The van der Waals surface area contributed by atoms with Crippen LogP contribution in [-0.4, -0.2) is 12.6 Å². The van der Waals surface area contributed by atoms with Gasteiger partial charge < -0.3 is 4.74 Å². The van der Waals surface area contributed by atoms with Gasteiger partial charge in [-0.2, -0.15) is 0 Å². The van der Waals surface area contributed by atoms with Gasteiger partial charge in [0, 0.05) is 6.08 Å². The van der Waals surface area contributed by atoms with Crippen LogP contribution in [0.25, 0.3) is 0 Å². The second-order valence-electron chi connectivity index (χ2n) is 3.10. The molecule has 0 fully saturated rings. The van der Waals surface area contributed by atoms with E-state index in [4.69, 9.17) is 4.74 Å². The normalized spacial score (nSPS) is 10.4. The standard InChI is InChI=1S/C12H20O2/c1-3-5-6-7-8-9-10-11-14-12(13)4-2/h4-6H,2-3,7-11H2,1H3/b6-5+. The number of unbranched alkanes of at least 4 members (excludes halogenated alkanes) is 3. The van der Waals surface area contributed by atoms with Crippen molar-refractivity contribution in [3.05, 3.63) is 24.8 Å². The highest BCUT2D eigenvalue weighted by Crippen LogP contribution is 2.01. The molecule has 2 heteroatoms. The van der Waals surface area contributed by atoms with E-state index in [1.165, 1.54) is 12.5 Å². The molecule has 14 heavy (non-hydrogen) atoms. The van der Waals surface area contributed by atoms with E-state index in [1.807, 2.05) is 0 Å². The number of carbonyl (C=O) groups excluding carboxylic acids is 1. The summed E-state index contributed by atoms with van der Waals surface area (Å²) in [7, 11) is 0. The topological polar surface area (TPSA) is 26.3 Å². The molecule has 0 atom stereocenters. The molecule has 0 aromatic heterocycles. The minimum Gasteiger partial charge on any atom is -0.463 e. The molecular formula is C12H20O2. The van der Waals surface area contributed by atoms with Gasteiger partial charge in [-0.1, -0.05) is 25.7 Å². The van der Waals surface area contributed by atoms with E-state index in [-0.39, 0.29) is 5.97 Å². The Morgan fingerprint density at radius 2 is 2.07 bits per heavy atom. The molecule has 0 aliphatic heterocycles. The van der Waals surface area contributed by atoms with E-state index in [0.717, 1.165) is 25.7 Å². The lowest BCUT2D eigenvalue weighted by Crippen LogP contribution is -2.01. The van der Waals surface area contributed by atoms with Crippen molar-refractivity contribution in [2.45, 2.75) is 39.0 Å². The molecule has 0 spiro atoms. The van der Waals surface area contributed by atoms with E-state index < -0.39 is 0 Å². The Balaban J connectivity index is 3.10. The van der Waals surface area contributed by atoms with E-state index in [1.54, 1.807) is 0 Å². The maximum absolute atomic E-state index is 10.6. The second-order valence-corrected chi connectivity index (χ2v) is 3.10. The molecule has 0 aromatic rings. The third kappa shape index (κ3) is 9.04. The van der Waals surface area contributed by atoms with Gasteiger partial charge in [0.25, 0.3) is 0 Å². The molecule has 0 saturated heterocycles. The largest absolute Gasteiger partial charge is 0.463 e. The van der Waals surface area contributed by atoms with Crippen molar-refractivity contribution in [3.8, 4) is 0 Å². The lowest BCUT2D eigenvalue weighted by molar-refractivity contribution is -0.137. The van der Waals surface area contributed by atoms with Gasteiger partial charge in [0.2, 0.25) is 0 Å². The van der Waals surface area contributed by atoms with Crippen LogP contribution in [0.3, 0.4) is 0 Å².